The van der Waals surface area contributed by atoms with Crippen molar-refractivity contribution in [1.82, 2.24) is 14.9 Å². The molecule has 1 N–H and O–H groups in total. The maximum absolute atomic E-state index is 12.4. The molecule has 0 aromatic carbocycles. The number of aryl methyl sites for hydroxylation is 1. The van der Waals surface area contributed by atoms with Crippen LogP contribution in [0.15, 0.2) is 23.8 Å². The monoisotopic (exact) mass is 330 g/mol. The first kappa shape index (κ1) is 16.1. The smallest absolute Gasteiger partial charge is 0.257 e. The highest BCUT2D eigenvalue weighted by molar-refractivity contribution is 7.13. The van der Waals surface area contributed by atoms with Crippen LogP contribution in [-0.4, -0.2) is 33.9 Å². The van der Waals surface area contributed by atoms with Gasteiger partial charge in [0.25, 0.3) is 5.91 Å². The molecule has 1 aliphatic rings. The Bertz CT molecular complexity index is 664. The quantitative estimate of drug-likeness (QED) is 0.913. The van der Waals surface area contributed by atoms with Crippen LogP contribution in [0.4, 0.5) is 5.13 Å². The number of nitrogens with zero attached hydrogens (tertiary/aromatic N) is 3. The molecule has 0 unspecified atom stereocenters. The molecule has 122 valence electrons. The van der Waals surface area contributed by atoms with Crippen molar-refractivity contribution < 1.29 is 4.79 Å². The van der Waals surface area contributed by atoms with Crippen molar-refractivity contribution >= 4 is 22.4 Å². The van der Waals surface area contributed by atoms with Crippen molar-refractivity contribution in [2.45, 2.75) is 39.2 Å². The zero-order valence-electron chi connectivity index (χ0n) is 13.4. The standard InChI is InChI=1S/C17H22N4OS/c1-2-13-10-18-7-6-15(13)16(22)20-17-19-14(12-23-17)11-21-8-4-3-5-9-21/h6-7,10,12H,2-5,8-9,11H2,1H3,(H,19,20,22). The second-order valence-electron chi connectivity index (χ2n) is 5.82. The summed E-state index contributed by atoms with van der Waals surface area (Å²) in [5, 5.41) is 5.62. The van der Waals surface area contributed by atoms with Gasteiger partial charge in [-0.1, -0.05) is 13.3 Å². The van der Waals surface area contributed by atoms with E-state index in [1.54, 1.807) is 18.5 Å². The van der Waals surface area contributed by atoms with E-state index in [2.05, 4.69) is 20.2 Å². The van der Waals surface area contributed by atoms with Gasteiger partial charge < -0.3 is 0 Å². The number of nitrogens with one attached hydrogen (secondary N) is 1. The second-order valence-corrected chi connectivity index (χ2v) is 6.68. The van der Waals surface area contributed by atoms with Gasteiger partial charge in [0.2, 0.25) is 0 Å². The summed E-state index contributed by atoms with van der Waals surface area (Å²) in [4.78, 5) is 23.5. The maximum Gasteiger partial charge on any atom is 0.257 e. The van der Waals surface area contributed by atoms with Crippen LogP contribution >= 0.6 is 11.3 Å². The Labute approximate surface area is 140 Å². The van der Waals surface area contributed by atoms with Crippen molar-refractivity contribution in [3.8, 4) is 0 Å². The molecule has 0 radical (unpaired) electrons. The van der Waals surface area contributed by atoms with Crippen LogP contribution in [0.5, 0.6) is 0 Å². The number of amides is 1. The van der Waals surface area contributed by atoms with Crippen molar-refractivity contribution in [3.63, 3.8) is 0 Å². The van der Waals surface area contributed by atoms with Gasteiger partial charge in [-0.25, -0.2) is 4.98 Å². The van der Waals surface area contributed by atoms with Gasteiger partial charge in [0.05, 0.1) is 5.69 Å². The predicted octanol–water partition coefficient (Wildman–Crippen LogP) is 3.34. The van der Waals surface area contributed by atoms with E-state index in [1.807, 2.05) is 12.3 Å². The Morgan fingerprint density at radius 1 is 1.35 bits per heavy atom. The van der Waals surface area contributed by atoms with Gasteiger partial charge in [0.1, 0.15) is 0 Å². The first-order valence-electron chi connectivity index (χ1n) is 8.17. The zero-order valence-corrected chi connectivity index (χ0v) is 14.2. The van der Waals surface area contributed by atoms with Crippen LogP contribution in [-0.2, 0) is 13.0 Å². The molecule has 23 heavy (non-hydrogen) atoms. The number of hydrogen-bond acceptors (Lipinski definition) is 5. The number of carbonyl (C=O) groups excluding carboxylic acids is 1. The van der Waals surface area contributed by atoms with Crippen LogP contribution in [0.2, 0.25) is 0 Å². The normalized spacial score (nSPS) is 15.5. The van der Waals surface area contributed by atoms with E-state index in [-0.39, 0.29) is 5.91 Å². The molecule has 0 atom stereocenters. The summed E-state index contributed by atoms with van der Waals surface area (Å²) in [5.41, 5.74) is 2.67. The number of piperidine rings is 1. The number of rotatable bonds is 5. The van der Waals surface area contributed by atoms with Crippen molar-refractivity contribution in [3.05, 3.63) is 40.7 Å². The van der Waals surface area contributed by atoms with E-state index < -0.39 is 0 Å². The largest absolute Gasteiger partial charge is 0.298 e. The molecule has 1 aliphatic heterocycles. The van der Waals surface area contributed by atoms with E-state index in [9.17, 15) is 4.79 Å². The fourth-order valence-corrected chi connectivity index (χ4v) is 3.57. The van der Waals surface area contributed by atoms with E-state index in [0.29, 0.717) is 10.7 Å². The lowest BCUT2D eigenvalue weighted by atomic mass is 10.1. The van der Waals surface area contributed by atoms with Crippen LogP contribution in [0.3, 0.4) is 0 Å². The molecule has 3 heterocycles. The van der Waals surface area contributed by atoms with Crippen molar-refractivity contribution in [2.75, 3.05) is 18.4 Å². The highest BCUT2D eigenvalue weighted by atomic mass is 32.1. The molecule has 3 rings (SSSR count). The molecule has 0 saturated carbocycles. The summed E-state index contributed by atoms with van der Waals surface area (Å²) >= 11 is 1.49. The summed E-state index contributed by atoms with van der Waals surface area (Å²) in [6.45, 7) is 5.20. The molecule has 2 aromatic rings. The molecular formula is C17H22N4OS. The lowest BCUT2D eigenvalue weighted by Gasteiger charge is -2.25. The molecule has 0 bridgehead atoms. The minimum absolute atomic E-state index is 0.108. The third-order valence-corrected chi connectivity index (χ3v) is 4.94. The van der Waals surface area contributed by atoms with Crippen LogP contribution in [0.25, 0.3) is 0 Å². The molecule has 1 saturated heterocycles. The minimum atomic E-state index is -0.108. The lowest BCUT2D eigenvalue weighted by molar-refractivity contribution is 0.102. The average molecular weight is 330 g/mol. The lowest BCUT2D eigenvalue weighted by Crippen LogP contribution is -2.29. The van der Waals surface area contributed by atoms with Gasteiger partial charge in [-0.3, -0.25) is 20.0 Å². The Hall–Kier alpha value is -1.79. The number of thiazole rings is 1. The number of carbonyl (C=O) groups is 1. The van der Waals surface area contributed by atoms with Gasteiger partial charge in [0, 0.05) is 29.9 Å². The SMILES string of the molecule is CCc1cnccc1C(=O)Nc1nc(CN2CCCCC2)cs1. The number of hydrogen-bond donors (Lipinski definition) is 1. The summed E-state index contributed by atoms with van der Waals surface area (Å²) < 4.78 is 0. The van der Waals surface area contributed by atoms with E-state index in [0.717, 1.165) is 37.3 Å². The maximum atomic E-state index is 12.4. The molecule has 0 aliphatic carbocycles. The first-order chi connectivity index (χ1) is 11.3. The summed E-state index contributed by atoms with van der Waals surface area (Å²) in [7, 11) is 0. The van der Waals surface area contributed by atoms with Gasteiger partial charge >= 0.3 is 0 Å². The predicted molar refractivity (Wildman–Crippen MR) is 92.8 cm³/mol. The Morgan fingerprint density at radius 3 is 2.96 bits per heavy atom. The fourth-order valence-electron chi connectivity index (χ4n) is 2.88. The van der Waals surface area contributed by atoms with Gasteiger partial charge in [-0.2, -0.15) is 0 Å². The topological polar surface area (TPSA) is 58.1 Å². The van der Waals surface area contributed by atoms with Crippen LogP contribution in [0.1, 0.15) is 47.8 Å². The molecule has 2 aromatic heterocycles. The van der Waals surface area contributed by atoms with Gasteiger partial charge in [-0.05, 0) is 44.0 Å². The van der Waals surface area contributed by atoms with Gasteiger partial charge in [0.15, 0.2) is 5.13 Å². The molecule has 0 spiro atoms. The van der Waals surface area contributed by atoms with Crippen LogP contribution in [0, 0.1) is 0 Å². The minimum Gasteiger partial charge on any atom is -0.298 e. The number of aromatic nitrogens is 2. The van der Waals surface area contributed by atoms with E-state index in [4.69, 9.17) is 0 Å². The Kier molecular flexibility index (Phi) is 5.35. The van der Waals surface area contributed by atoms with Crippen LogP contribution < -0.4 is 5.32 Å². The van der Waals surface area contributed by atoms with Crippen molar-refractivity contribution in [1.29, 1.82) is 0 Å². The molecule has 6 heteroatoms. The molecule has 1 fully saturated rings. The number of pyridine rings is 1. The third kappa shape index (κ3) is 4.14. The number of anilines is 1. The highest BCUT2D eigenvalue weighted by Gasteiger charge is 2.15. The van der Waals surface area contributed by atoms with E-state index >= 15 is 0 Å². The molecular weight excluding hydrogens is 308 g/mol. The Morgan fingerprint density at radius 2 is 2.17 bits per heavy atom. The highest BCUT2D eigenvalue weighted by Crippen LogP contribution is 2.20. The average Bonchev–Trinajstić information content (AvgIpc) is 3.02. The summed E-state index contributed by atoms with van der Waals surface area (Å²) in [6, 6.07) is 1.76. The van der Waals surface area contributed by atoms with E-state index in [1.165, 1.54) is 30.6 Å². The summed E-state index contributed by atoms with van der Waals surface area (Å²) in [5.74, 6) is -0.108. The molecule has 1 amide bonds. The summed E-state index contributed by atoms with van der Waals surface area (Å²) in [6.07, 6.45) is 8.07. The van der Waals surface area contributed by atoms with Crippen molar-refractivity contribution in [2.24, 2.45) is 0 Å². The second kappa shape index (κ2) is 7.66. The zero-order chi connectivity index (χ0) is 16.1. The number of likely N-dealkylation sites (tertiary alicyclic amines) is 1. The Balaban J connectivity index is 1.63. The third-order valence-electron chi connectivity index (χ3n) is 4.14. The fraction of sp³-hybridized carbons (Fsp3) is 0.471. The molecule has 5 nitrogen and oxygen atoms in total. The van der Waals surface area contributed by atoms with Gasteiger partial charge in [-0.15, -0.1) is 11.3 Å². The first-order valence-corrected chi connectivity index (χ1v) is 9.05.